The van der Waals surface area contributed by atoms with Gasteiger partial charge in [0.2, 0.25) is 0 Å². The molecule has 0 bridgehead atoms. The molecule has 0 aliphatic rings. The normalized spacial score (nSPS) is 10.3. The molecule has 0 saturated carbocycles. The van der Waals surface area contributed by atoms with E-state index in [0.717, 1.165) is 12.8 Å². The molecule has 0 fully saturated rings. The fourth-order valence-electron chi connectivity index (χ4n) is 1.58. The molecule has 1 heteroatoms. The van der Waals surface area contributed by atoms with Gasteiger partial charge in [0, 0.05) is 0 Å². The van der Waals surface area contributed by atoms with Gasteiger partial charge in [0.1, 0.15) is 0 Å². The Morgan fingerprint density at radius 1 is 0.857 bits per heavy atom. The van der Waals surface area contributed by atoms with Crippen LogP contribution in [-0.2, 0) is 12.8 Å². The average Bonchev–Trinajstić information content (AvgIpc) is 2.72. The van der Waals surface area contributed by atoms with Crippen LogP contribution in [0, 0.1) is 0 Å². The number of benzene rings is 1. The summed E-state index contributed by atoms with van der Waals surface area (Å²) in [6.07, 6.45) is 6.99. The predicted molar refractivity (Wildman–Crippen MR) is 57.2 cm³/mol. The van der Waals surface area contributed by atoms with E-state index < -0.39 is 0 Å². The molecule has 0 aliphatic heterocycles. The number of hydrogen-bond donors (Lipinski definition) is 0. The average molecular weight is 186 g/mol. The first-order valence-electron chi connectivity index (χ1n) is 5.00. The molecule has 0 N–H and O–H groups in total. The fraction of sp³-hybridized carbons (Fsp3) is 0.231. The lowest BCUT2D eigenvalue weighted by atomic mass is 10.1. The third-order valence-corrected chi connectivity index (χ3v) is 2.35. The van der Waals surface area contributed by atoms with Gasteiger partial charge >= 0.3 is 0 Å². The van der Waals surface area contributed by atoms with Gasteiger partial charge in [-0.15, -0.1) is 0 Å². The van der Waals surface area contributed by atoms with Crippen LogP contribution in [0.15, 0.2) is 53.3 Å². The van der Waals surface area contributed by atoms with E-state index in [4.69, 9.17) is 4.42 Å². The van der Waals surface area contributed by atoms with Crippen molar-refractivity contribution in [3.05, 3.63) is 60.1 Å². The Morgan fingerprint density at radius 3 is 2.36 bits per heavy atom. The highest BCUT2D eigenvalue weighted by atomic mass is 16.3. The van der Waals surface area contributed by atoms with Gasteiger partial charge in [-0.2, -0.15) is 0 Å². The summed E-state index contributed by atoms with van der Waals surface area (Å²) in [7, 11) is 0. The van der Waals surface area contributed by atoms with E-state index in [1.165, 1.54) is 17.5 Å². The minimum atomic E-state index is 1.10. The molecule has 0 aliphatic carbocycles. The van der Waals surface area contributed by atoms with Crippen LogP contribution in [0.4, 0.5) is 0 Å². The van der Waals surface area contributed by atoms with Gasteiger partial charge in [0.05, 0.1) is 12.5 Å². The van der Waals surface area contributed by atoms with Crippen molar-refractivity contribution in [3.63, 3.8) is 0 Å². The smallest absolute Gasteiger partial charge is 0.0934 e. The molecule has 2 aromatic rings. The molecule has 1 heterocycles. The van der Waals surface area contributed by atoms with Crippen molar-refractivity contribution in [2.24, 2.45) is 0 Å². The number of aryl methyl sites for hydroxylation is 2. The second kappa shape index (κ2) is 4.66. The Balaban J connectivity index is 1.79. The van der Waals surface area contributed by atoms with Gasteiger partial charge in [-0.25, -0.2) is 0 Å². The standard InChI is InChI=1S/C13H14O/c1-2-5-12(6-3-1)7-4-8-13-9-10-14-11-13/h1-3,5-6,9-11H,4,7-8H2. The van der Waals surface area contributed by atoms with E-state index in [1.807, 2.05) is 12.3 Å². The Labute approximate surface area is 84.4 Å². The van der Waals surface area contributed by atoms with Gasteiger partial charge in [-0.05, 0) is 36.5 Å². The molecule has 0 spiro atoms. The summed E-state index contributed by atoms with van der Waals surface area (Å²) in [5.74, 6) is 0. The summed E-state index contributed by atoms with van der Waals surface area (Å²) < 4.78 is 5.02. The highest BCUT2D eigenvalue weighted by Crippen LogP contribution is 2.08. The van der Waals surface area contributed by atoms with Crippen LogP contribution in [-0.4, -0.2) is 0 Å². The van der Waals surface area contributed by atoms with Crippen LogP contribution in [0.2, 0.25) is 0 Å². The van der Waals surface area contributed by atoms with Crippen molar-refractivity contribution in [2.75, 3.05) is 0 Å². The molecule has 1 aromatic carbocycles. The minimum Gasteiger partial charge on any atom is -0.472 e. The third kappa shape index (κ3) is 2.49. The van der Waals surface area contributed by atoms with Gasteiger partial charge in [-0.3, -0.25) is 0 Å². The summed E-state index contributed by atoms with van der Waals surface area (Å²) in [5, 5.41) is 0. The van der Waals surface area contributed by atoms with Gasteiger partial charge in [0.15, 0.2) is 0 Å². The Hall–Kier alpha value is -1.50. The largest absolute Gasteiger partial charge is 0.472 e. The number of furan rings is 1. The van der Waals surface area contributed by atoms with E-state index in [9.17, 15) is 0 Å². The maximum Gasteiger partial charge on any atom is 0.0934 e. The molecule has 72 valence electrons. The van der Waals surface area contributed by atoms with Gasteiger partial charge in [0.25, 0.3) is 0 Å². The van der Waals surface area contributed by atoms with Crippen LogP contribution in [0.3, 0.4) is 0 Å². The maximum absolute atomic E-state index is 5.02. The molecule has 0 saturated heterocycles. The second-order valence-corrected chi connectivity index (χ2v) is 3.47. The quantitative estimate of drug-likeness (QED) is 0.712. The van der Waals surface area contributed by atoms with Crippen LogP contribution >= 0.6 is 0 Å². The van der Waals surface area contributed by atoms with Crippen molar-refractivity contribution in [1.29, 1.82) is 0 Å². The van der Waals surface area contributed by atoms with E-state index in [0.29, 0.717) is 0 Å². The monoisotopic (exact) mass is 186 g/mol. The van der Waals surface area contributed by atoms with E-state index in [2.05, 4.69) is 30.3 Å². The van der Waals surface area contributed by atoms with E-state index >= 15 is 0 Å². The topological polar surface area (TPSA) is 13.1 Å². The van der Waals surface area contributed by atoms with Crippen LogP contribution in [0.25, 0.3) is 0 Å². The summed E-state index contributed by atoms with van der Waals surface area (Å²) in [4.78, 5) is 0. The molecule has 2 rings (SSSR count). The first-order valence-corrected chi connectivity index (χ1v) is 5.00. The fourth-order valence-corrected chi connectivity index (χ4v) is 1.58. The van der Waals surface area contributed by atoms with Crippen LogP contribution < -0.4 is 0 Å². The zero-order valence-electron chi connectivity index (χ0n) is 8.15. The Bertz CT molecular complexity index is 348. The highest BCUT2D eigenvalue weighted by molar-refractivity contribution is 5.15. The minimum absolute atomic E-state index is 1.10. The Morgan fingerprint density at radius 2 is 1.64 bits per heavy atom. The molecule has 1 aromatic heterocycles. The second-order valence-electron chi connectivity index (χ2n) is 3.47. The molecule has 1 nitrogen and oxygen atoms in total. The van der Waals surface area contributed by atoms with Crippen molar-refractivity contribution in [1.82, 2.24) is 0 Å². The summed E-state index contributed by atoms with van der Waals surface area (Å²) in [6, 6.07) is 12.6. The highest BCUT2D eigenvalue weighted by Gasteiger charge is 1.95. The number of hydrogen-bond acceptors (Lipinski definition) is 1. The Kier molecular flexibility index (Phi) is 3.02. The molecular formula is C13H14O. The molecule has 0 amide bonds. The van der Waals surface area contributed by atoms with Crippen molar-refractivity contribution < 1.29 is 4.42 Å². The molecular weight excluding hydrogens is 172 g/mol. The van der Waals surface area contributed by atoms with Gasteiger partial charge < -0.3 is 4.42 Å². The van der Waals surface area contributed by atoms with Crippen LogP contribution in [0.1, 0.15) is 17.5 Å². The SMILES string of the molecule is c1ccc(CCCc2ccoc2)cc1. The first-order chi connectivity index (χ1) is 6.95. The summed E-state index contributed by atoms with van der Waals surface area (Å²) >= 11 is 0. The molecule has 0 radical (unpaired) electrons. The molecule has 14 heavy (non-hydrogen) atoms. The lowest BCUT2D eigenvalue weighted by molar-refractivity contribution is 0.563. The molecule has 0 atom stereocenters. The predicted octanol–water partition coefficient (Wildman–Crippen LogP) is 3.45. The third-order valence-electron chi connectivity index (χ3n) is 2.35. The summed E-state index contributed by atoms with van der Waals surface area (Å²) in [5.41, 5.74) is 2.71. The summed E-state index contributed by atoms with van der Waals surface area (Å²) in [6.45, 7) is 0. The van der Waals surface area contributed by atoms with Crippen LogP contribution in [0.5, 0.6) is 0 Å². The van der Waals surface area contributed by atoms with Gasteiger partial charge in [-0.1, -0.05) is 30.3 Å². The lowest BCUT2D eigenvalue weighted by Gasteiger charge is -1.99. The lowest BCUT2D eigenvalue weighted by Crippen LogP contribution is -1.87. The molecule has 0 unspecified atom stereocenters. The van der Waals surface area contributed by atoms with Crippen molar-refractivity contribution in [3.8, 4) is 0 Å². The zero-order valence-corrected chi connectivity index (χ0v) is 8.15. The number of rotatable bonds is 4. The van der Waals surface area contributed by atoms with Crippen molar-refractivity contribution in [2.45, 2.75) is 19.3 Å². The maximum atomic E-state index is 5.02. The first kappa shape index (κ1) is 9.07. The zero-order chi connectivity index (χ0) is 9.64. The van der Waals surface area contributed by atoms with E-state index in [1.54, 1.807) is 6.26 Å². The van der Waals surface area contributed by atoms with Crippen molar-refractivity contribution >= 4 is 0 Å². The van der Waals surface area contributed by atoms with E-state index in [-0.39, 0.29) is 0 Å².